The molecular formula is C13H21NO. The summed E-state index contributed by atoms with van der Waals surface area (Å²) in [5.74, 6) is 0.481. The number of hydrogen-bond donors (Lipinski definition) is 2. The first-order valence-electron chi connectivity index (χ1n) is 5.62. The Morgan fingerprint density at radius 2 is 2.00 bits per heavy atom. The number of anilines is 1. The second kappa shape index (κ2) is 5.76. The molecule has 0 bridgehead atoms. The highest BCUT2D eigenvalue weighted by Crippen LogP contribution is 2.18. The number of aliphatic hydroxyl groups excluding tert-OH is 1. The predicted octanol–water partition coefficient (Wildman–Crippen LogP) is 2.81. The minimum absolute atomic E-state index is 0.149. The van der Waals surface area contributed by atoms with E-state index in [9.17, 15) is 5.11 Å². The third-order valence-corrected chi connectivity index (χ3v) is 3.01. The molecule has 1 aromatic rings. The van der Waals surface area contributed by atoms with E-state index in [0.717, 1.165) is 12.1 Å². The highest BCUT2D eigenvalue weighted by Gasteiger charge is 2.14. The van der Waals surface area contributed by atoms with Crippen molar-refractivity contribution in [1.29, 1.82) is 0 Å². The maximum Gasteiger partial charge on any atom is 0.0635 e. The van der Waals surface area contributed by atoms with Gasteiger partial charge in [-0.1, -0.05) is 38.5 Å². The zero-order valence-electron chi connectivity index (χ0n) is 9.83. The van der Waals surface area contributed by atoms with Crippen LogP contribution in [0.25, 0.3) is 0 Å². The summed E-state index contributed by atoms with van der Waals surface area (Å²) in [6.07, 6.45) is 1.07. The predicted molar refractivity (Wildman–Crippen MR) is 65.1 cm³/mol. The monoisotopic (exact) mass is 207 g/mol. The largest absolute Gasteiger partial charge is 0.394 e. The molecule has 0 spiro atoms. The van der Waals surface area contributed by atoms with E-state index in [1.807, 2.05) is 12.1 Å². The van der Waals surface area contributed by atoms with Crippen molar-refractivity contribution in [3.05, 3.63) is 29.8 Å². The number of nitrogens with one attached hydrogen (secondary N) is 1. The normalized spacial score (nSPS) is 14.7. The Morgan fingerprint density at radius 1 is 1.33 bits per heavy atom. The summed E-state index contributed by atoms with van der Waals surface area (Å²) in [4.78, 5) is 0. The van der Waals surface area contributed by atoms with Gasteiger partial charge in [-0.3, -0.25) is 0 Å². The first-order valence-corrected chi connectivity index (χ1v) is 5.62. The summed E-state index contributed by atoms with van der Waals surface area (Å²) in [6.45, 7) is 6.57. The van der Waals surface area contributed by atoms with Gasteiger partial charge in [-0.25, -0.2) is 0 Å². The summed E-state index contributed by atoms with van der Waals surface area (Å²) in [5, 5.41) is 12.7. The molecule has 2 heteroatoms. The standard InChI is InChI=1S/C13H21NO/c1-4-10(2)13(9-15)14-12-8-6-5-7-11(12)3/h5-8,10,13-15H,4,9H2,1-3H3. The van der Waals surface area contributed by atoms with E-state index >= 15 is 0 Å². The van der Waals surface area contributed by atoms with E-state index in [1.165, 1.54) is 5.56 Å². The van der Waals surface area contributed by atoms with Crippen LogP contribution in [0.4, 0.5) is 5.69 Å². The van der Waals surface area contributed by atoms with Crippen LogP contribution in [0.5, 0.6) is 0 Å². The van der Waals surface area contributed by atoms with Crippen LogP contribution < -0.4 is 5.32 Å². The second-order valence-electron chi connectivity index (χ2n) is 4.13. The summed E-state index contributed by atoms with van der Waals surface area (Å²) in [6, 6.07) is 8.32. The molecule has 1 rings (SSSR count). The number of aryl methyl sites for hydroxylation is 1. The number of benzene rings is 1. The summed E-state index contributed by atoms with van der Waals surface area (Å²) in [7, 11) is 0. The van der Waals surface area contributed by atoms with Crippen molar-refractivity contribution in [2.24, 2.45) is 5.92 Å². The molecule has 0 heterocycles. The molecule has 0 saturated carbocycles. The maximum absolute atomic E-state index is 9.32. The molecule has 0 aliphatic heterocycles. The molecule has 0 saturated heterocycles. The highest BCUT2D eigenvalue weighted by atomic mass is 16.3. The van der Waals surface area contributed by atoms with Crippen LogP contribution in [-0.4, -0.2) is 17.8 Å². The van der Waals surface area contributed by atoms with Gasteiger partial charge in [0.1, 0.15) is 0 Å². The molecule has 2 atom stereocenters. The molecule has 0 fully saturated rings. The lowest BCUT2D eigenvalue weighted by molar-refractivity contribution is 0.241. The van der Waals surface area contributed by atoms with Crippen LogP contribution in [-0.2, 0) is 0 Å². The van der Waals surface area contributed by atoms with Gasteiger partial charge in [0.25, 0.3) is 0 Å². The molecule has 2 unspecified atom stereocenters. The van der Waals surface area contributed by atoms with Crippen LogP contribution in [0.3, 0.4) is 0 Å². The van der Waals surface area contributed by atoms with Crippen molar-refractivity contribution in [2.45, 2.75) is 33.2 Å². The molecule has 84 valence electrons. The van der Waals surface area contributed by atoms with E-state index < -0.39 is 0 Å². The SMILES string of the molecule is CCC(C)C(CO)Nc1ccccc1C. The van der Waals surface area contributed by atoms with Gasteiger partial charge in [0, 0.05) is 5.69 Å². The third-order valence-electron chi connectivity index (χ3n) is 3.01. The summed E-state index contributed by atoms with van der Waals surface area (Å²) >= 11 is 0. The third kappa shape index (κ3) is 3.24. The Kier molecular flexibility index (Phi) is 4.63. The van der Waals surface area contributed by atoms with Crippen LogP contribution in [0.15, 0.2) is 24.3 Å². The Balaban J connectivity index is 2.71. The molecule has 2 N–H and O–H groups in total. The summed E-state index contributed by atoms with van der Waals surface area (Å²) in [5.41, 5.74) is 2.34. The molecule has 0 aliphatic carbocycles. The van der Waals surface area contributed by atoms with Crippen LogP contribution in [0.1, 0.15) is 25.8 Å². The number of para-hydroxylation sites is 1. The minimum atomic E-state index is 0.149. The summed E-state index contributed by atoms with van der Waals surface area (Å²) < 4.78 is 0. The van der Waals surface area contributed by atoms with Crippen molar-refractivity contribution in [3.63, 3.8) is 0 Å². The fourth-order valence-corrected chi connectivity index (χ4v) is 1.59. The van der Waals surface area contributed by atoms with Crippen molar-refractivity contribution < 1.29 is 5.11 Å². The first kappa shape index (κ1) is 12.1. The molecule has 15 heavy (non-hydrogen) atoms. The smallest absolute Gasteiger partial charge is 0.0635 e. The zero-order chi connectivity index (χ0) is 11.3. The Morgan fingerprint density at radius 3 is 2.53 bits per heavy atom. The van der Waals surface area contributed by atoms with Gasteiger partial charge in [-0.05, 0) is 24.5 Å². The lowest BCUT2D eigenvalue weighted by Crippen LogP contribution is -2.30. The van der Waals surface area contributed by atoms with Gasteiger partial charge < -0.3 is 10.4 Å². The van der Waals surface area contributed by atoms with Crippen LogP contribution >= 0.6 is 0 Å². The van der Waals surface area contributed by atoms with Crippen LogP contribution in [0.2, 0.25) is 0 Å². The van der Waals surface area contributed by atoms with Crippen molar-refractivity contribution in [1.82, 2.24) is 0 Å². The molecule has 2 nitrogen and oxygen atoms in total. The van der Waals surface area contributed by atoms with Crippen molar-refractivity contribution >= 4 is 5.69 Å². The molecular weight excluding hydrogens is 186 g/mol. The van der Waals surface area contributed by atoms with Crippen LogP contribution in [0, 0.1) is 12.8 Å². The van der Waals surface area contributed by atoms with Gasteiger partial charge in [0.05, 0.1) is 12.6 Å². The minimum Gasteiger partial charge on any atom is -0.394 e. The lowest BCUT2D eigenvalue weighted by Gasteiger charge is -2.24. The molecule has 0 amide bonds. The van der Waals surface area contributed by atoms with Gasteiger partial charge >= 0.3 is 0 Å². The van der Waals surface area contributed by atoms with E-state index in [4.69, 9.17) is 0 Å². The fraction of sp³-hybridized carbons (Fsp3) is 0.538. The average Bonchev–Trinajstić information content (AvgIpc) is 2.27. The topological polar surface area (TPSA) is 32.3 Å². The fourth-order valence-electron chi connectivity index (χ4n) is 1.59. The highest BCUT2D eigenvalue weighted by molar-refractivity contribution is 5.51. The Labute approximate surface area is 92.3 Å². The zero-order valence-corrected chi connectivity index (χ0v) is 9.83. The molecule has 0 aromatic heterocycles. The number of aliphatic hydroxyl groups is 1. The quantitative estimate of drug-likeness (QED) is 0.778. The van der Waals surface area contributed by atoms with E-state index in [1.54, 1.807) is 0 Å². The van der Waals surface area contributed by atoms with Gasteiger partial charge in [-0.2, -0.15) is 0 Å². The van der Waals surface area contributed by atoms with Gasteiger partial charge in [0.2, 0.25) is 0 Å². The van der Waals surface area contributed by atoms with E-state index in [2.05, 4.69) is 38.2 Å². The van der Waals surface area contributed by atoms with E-state index in [0.29, 0.717) is 5.92 Å². The number of hydrogen-bond acceptors (Lipinski definition) is 2. The van der Waals surface area contributed by atoms with Gasteiger partial charge in [-0.15, -0.1) is 0 Å². The molecule has 0 aliphatic rings. The average molecular weight is 207 g/mol. The Hall–Kier alpha value is -1.02. The first-order chi connectivity index (χ1) is 7.19. The lowest BCUT2D eigenvalue weighted by atomic mass is 9.99. The van der Waals surface area contributed by atoms with Crippen molar-refractivity contribution in [3.8, 4) is 0 Å². The van der Waals surface area contributed by atoms with E-state index in [-0.39, 0.29) is 12.6 Å². The van der Waals surface area contributed by atoms with Gasteiger partial charge in [0.15, 0.2) is 0 Å². The molecule has 0 radical (unpaired) electrons. The Bertz CT molecular complexity index is 298. The molecule has 1 aromatic carbocycles. The maximum atomic E-state index is 9.32. The van der Waals surface area contributed by atoms with Crippen molar-refractivity contribution in [2.75, 3.05) is 11.9 Å². The second-order valence-corrected chi connectivity index (χ2v) is 4.13. The number of rotatable bonds is 5.